The van der Waals surface area contributed by atoms with Gasteiger partial charge in [0.15, 0.2) is 0 Å². The maximum Gasteiger partial charge on any atom is 0.251 e. The minimum absolute atomic E-state index is 0.204. The van der Waals surface area contributed by atoms with Crippen LogP contribution >= 0.6 is 11.6 Å². The highest BCUT2D eigenvalue weighted by Crippen LogP contribution is 2.30. The SMILES string of the molecule is CCC(CC)(NC(=O)c1ccc(N2C(=O)CCC2=O)cc1)c1ccc(Cl)cc1. The minimum atomic E-state index is -0.499. The van der Waals surface area contributed by atoms with Gasteiger partial charge in [-0.2, -0.15) is 0 Å². The Morgan fingerprint density at radius 3 is 2.00 bits per heavy atom. The monoisotopic (exact) mass is 398 g/mol. The number of hydrogen-bond donors (Lipinski definition) is 1. The van der Waals surface area contributed by atoms with E-state index in [0.29, 0.717) is 16.3 Å². The highest BCUT2D eigenvalue weighted by atomic mass is 35.5. The zero-order valence-electron chi connectivity index (χ0n) is 16.0. The molecule has 1 heterocycles. The van der Waals surface area contributed by atoms with Crippen LogP contribution in [-0.4, -0.2) is 17.7 Å². The Bertz CT molecular complexity index is 871. The van der Waals surface area contributed by atoms with Gasteiger partial charge in [0.1, 0.15) is 0 Å². The smallest absolute Gasteiger partial charge is 0.251 e. The van der Waals surface area contributed by atoms with Crippen LogP contribution in [0.5, 0.6) is 0 Å². The third-order valence-corrected chi connectivity index (χ3v) is 5.65. The summed E-state index contributed by atoms with van der Waals surface area (Å²) in [6.07, 6.45) is 1.92. The standard InChI is InChI=1S/C22H23ClN2O3/c1-3-22(4-2,16-7-9-17(23)10-8-16)24-21(28)15-5-11-18(12-6-15)25-19(26)13-14-20(25)27/h5-12H,3-4,13-14H2,1-2H3,(H,24,28). The fourth-order valence-electron chi connectivity index (χ4n) is 3.59. The summed E-state index contributed by atoms with van der Waals surface area (Å²) in [6, 6.07) is 14.1. The number of imide groups is 1. The summed E-state index contributed by atoms with van der Waals surface area (Å²) >= 11 is 6.00. The van der Waals surface area contributed by atoms with Crippen molar-refractivity contribution in [2.24, 2.45) is 0 Å². The molecule has 2 aromatic carbocycles. The van der Waals surface area contributed by atoms with Crippen molar-refractivity contribution in [3.05, 3.63) is 64.7 Å². The van der Waals surface area contributed by atoms with Crippen LogP contribution in [0.4, 0.5) is 5.69 Å². The number of halogens is 1. The van der Waals surface area contributed by atoms with Gasteiger partial charge in [0.2, 0.25) is 11.8 Å². The second-order valence-electron chi connectivity index (χ2n) is 6.92. The van der Waals surface area contributed by atoms with Crippen LogP contribution in [0.1, 0.15) is 55.5 Å². The van der Waals surface area contributed by atoms with Gasteiger partial charge in [-0.3, -0.25) is 19.3 Å². The number of hydrogen-bond acceptors (Lipinski definition) is 3. The molecule has 0 atom stereocenters. The lowest BCUT2D eigenvalue weighted by Gasteiger charge is -2.33. The first kappa shape index (κ1) is 20.1. The average Bonchev–Trinajstić information content (AvgIpc) is 3.05. The van der Waals surface area contributed by atoms with Crippen molar-refractivity contribution < 1.29 is 14.4 Å². The predicted octanol–water partition coefficient (Wildman–Crippen LogP) is 4.44. The molecule has 0 unspecified atom stereocenters. The number of nitrogens with zero attached hydrogens (tertiary/aromatic N) is 1. The van der Waals surface area contributed by atoms with Gasteiger partial charge in [-0.05, 0) is 54.8 Å². The molecule has 1 saturated heterocycles. The van der Waals surface area contributed by atoms with E-state index >= 15 is 0 Å². The molecule has 0 bridgehead atoms. The van der Waals surface area contributed by atoms with E-state index < -0.39 is 5.54 Å². The third-order valence-electron chi connectivity index (χ3n) is 5.40. The molecule has 2 aromatic rings. The van der Waals surface area contributed by atoms with E-state index in [2.05, 4.69) is 5.32 Å². The number of carbonyl (C=O) groups is 3. The molecule has 5 nitrogen and oxygen atoms in total. The lowest BCUT2D eigenvalue weighted by molar-refractivity contribution is -0.121. The van der Waals surface area contributed by atoms with Gasteiger partial charge >= 0.3 is 0 Å². The van der Waals surface area contributed by atoms with E-state index in [1.54, 1.807) is 24.3 Å². The second kappa shape index (κ2) is 8.15. The van der Waals surface area contributed by atoms with Gasteiger partial charge in [-0.1, -0.05) is 37.6 Å². The van der Waals surface area contributed by atoms with E-state index in [9.17, 15) is 14.4 Å². The summed E-state index contributed by atoms with van der Waals surface area (Å²) in [7, 11) is 0. The van der Waals surface area contributed by atoms with Crippen LogP contribution in [0.3, 0.4) is 0 Å². The topological polar surface area (TPSA) is 66.5 Å². The quantitative estimate of drug-likeness (QED) is 0.731. The number of nitrogens with one attached hydrogen (secondary N) is 1. The molecule has 0 aliphatic carbocycles. The molecule has 0 spiro atoms. The summed E-state index contributed by atoms with van der Waals surface area (Å²) < 4.78 is 0. The Morgan fingerprint density at radius 2 is 1.50 bits per heavy atom. The predicted molar refractivity (Wildman–Crippen MR) is 109 cm³/mol. The third kappa shape index (κ3) is 3.80. The maximum atomic E-state index is 12.9. The Balaban J connectivity index is 1.81. The largest absolute Gasteiger partial charge is 0.343 e. The second-order valence-corrected chi connectivity index (χ2v) is 7.36. The zero-order chi connectivity index (χ0) is 20.3. The zero-order valence-corrected chi connectivity index (χ0v) is 16.8. The van der Waals surface area contributed by atoms with Crippen molar-refractivity contribution in [2.75, 3.05) is 4.90 Å². The molecule has 146 valence electrons. The van der Waals surface area contributed by atoms with Crippen LogP contribution < -0.4 is 10.2 Å². The number of rotatable bonds is 6. The molecular weight excluding hydrogens is 376 g/mol. The Morgan fingerprint density at radius 1 is 0.964 bits per heavy atom. The molecule has 6 heteroatoms. The van der Waals surface area contributed by atoms with Crippen LogP contribution in [0.15, 0.2) is 48.5 Å². The van der Waals surface area contributed by atoms with Crippen molar-refractivity contribution in [1.29, 1.82) is 0 Å². The highest BCUT2D eigenvalue weighted by Gasteiger charge is 2.32. The van der Waals surface area contributed by atoms with Crippen LogP contribution in [0.25, 0.3) is 0 Å². The maximum absolute atomic E-state index is 12.9. The molecule has 0 aromatic heterocycles. The van der Waals surface area contributed by atoms with Crippen molar-refractivity contribution >= 4 is 35.0 Å². The minimum Gasteiger partial charge on any atom is -0.343 e. The van der Waals surface area contributed by atoms with Gasteiger partial charge < -0.3 is 5.32 Å². The molecule has 1 N–H and O–H groups in total. The van der Waals surface area contributed by atoms with Gasteiger partial charge in [0.05, 0.1) is 11.2 Å². The Kier molecular flexibility index (Phi) is 5.84. The highest BCUT2D eigenvalue weighted by molar-refractivity contribution is 6.30. The number of benzene rings is 2. The Labute approximate surface area is 169 Å². The van der Waals surface area contributed by atoms with Gasteiger partial charge in [-0.25, -0.2) is 0 Å². The first-order valence-electron chi connectivity index (χ1n) is 9.44. The molecule has 3 amide bonds. The molecule has 3 rings (SSSR count). The molecule has 0 saturated carbocycles. The van der Waals surface area contributed by atoms with Crippen molar-refractivity contribution in [3.63, 3.8) is 0 Å². The van der Waals surface area contributed by atoms with Gasteiger partial charge in [-0.15, -0.1) is 0 Å². The van der Waals surface area contributed by atoms with E-state index in [1.807, 2.05) is 38.1 Å². The van der Waals surface area contributed by atoms with E-state index in [-0.39, 0.29) is 30.6 Å². The lowest BCUT2D eigenvalue weighted by atomic mass is 9.84. The molecule has 1 fully saturated rings. The fraction of sp³-hybridized carbons (Fsp3) is 0.318. The first-order chi connectivity index (χ1) is 13.4. The summed E-state index contributed by atoms with van der Waals surface area (Å²) in [5.74, 6) is -0.619. The summed E-state index contributed by atoms with van der Waals surface area (Å²) in [6.45, 7) is 4.07. The van der Waals surface area contributed by atoms with Crippen LogP contribution in [-0.2, 0) is 15.1 Å². The van der Waals surface area contributed by atoms with E-state index in [1.165, 1.54) is 4.90 Å². The van der Waals surface area contributed by atoms with Gasteiger partial charge in [0.25, 0.3) is 5.91 Å². The fourth-order valence-corrected chi connectivity index (χ4v) is 3.72. The summed E-state index contributed by atoms with van der Waals surface area (Å²) in [5, 5.41) is 3.81. The van der Waals surface area contributed by atoms with Crippen LogP contribution in [0, 0.1) is 0 Å². The molecule has 1 aliphatic heterocycles. The lowest BCUT2D eigenvalue weighted by Crippen LogP contribution is -2.45. The number of anilines is 1. The van der Waals surface area contributed by atoms with Crippen molar-refractivity contribution in [1.82, 2.24) is 5.32 Å². The average molecular weight is 399 g/mol. The summed E-state index contributed by atoms with van der Waals surface area (Å²) in [5.41, 5.74) is 1.48. The molecule has 28 heavy (non-hydrogen) atoms. The molecular formula is C22H23ClN2O3. The first-order valence-corrected chi connectivity index (χ1v) is 9.82. The molecule has 0 radical (unpaired) electrons. The number of carbonyl (C=O) groups excluding carboxylic acids is 3. The number of amides is 3. The molecule has 1 aliphatic rings. The van der Waals surface area contributed by atoms with E-state index in [4.69, 9.17) is 11.6 Å². The van der Waals surface area contributed by atoms with Crippen molar-refractivity contribution in [2.45, 2.75) is 45.1 Å². The summed E-state index contributed by atoms with van der Waals surface area (Å²) in [4.78, 5) is 37.8. The van der Waals surface area contributed by atoms with Gasteiger partial charge in [0, 0.05) is 23.4 Å². The van der Waals surface area contributed by atoms with Crippen molar-refractivity contribution in [3.8, 4) is 0 Å². The Hall–Kier alpha value is -2.66. The normalized spacial score (nSPS) is 14.5. The van der Waals surface area contributed by atoms with Crippen LogP contribution in [0.2, 0.25) is 5.02 Å². The van der Waals surface area contributed by atoms with E-state index in [0.717, 1.165) is 18.4 Å².